The number of fused-ring (bicyclic) bond motifs is 2. The first-order valence-corrected chi connectivity index (χ1v) is 9.31. The van der Waals surface area contributed by atoms with E-state index in [1.807, 2.05) is 24.1 Å². The monoisotopic (exact) mass is 343 g/mol. The number of rotatable bonds is 4. The molecule has 132 valence electrons. The summed E-state index contributed by atoms with van der Waals surface area (Å²) < 4.78 is 1.94. The molecule has 2 aromatic heterocycles. The van der Waals surface area contributed by atoms with E-state index in [1.54, 1.807) is 0 Å². The van der Waals surface area contributed by atoms with Gasteiger partial charge in [-0.15, -0.1) is 0 Å². The van der Waals surface area contributed by atoms with E-state index < -0.39 is 0 Å². The Bertz CT molecular complexity index is 1080. The van der Waals surface area contributed by atoms with Crippen molar-refractivity contribution in [2.45, 2.75) is 39.0 Å². The van der Waals surface area contributed by atoms with E-state index in [1.165, 1.54) is 32.8 Å². The van der Waals surface area contributed by atoms with Crippen LogP contribution in [-0.2, 0) is 13.5 Å². The van der Waals surface area contributed by atoms with Gasteiger partial charge in [-0.3, -0.25) is 9.67 Å². The quantitative estimate of drug-likeness (QED) is 0.483. The molecule has 0 bridgehead atoms. The van der Waals surface area contributed by atoms with Crippen LogP contribution in [0.5, 0.6) is 0 Å². The van der Waals surface area contributed by atoms with Crippen LogP contribution in [0.2, 0.25) is 0 Å². The molecule has 0 aliphatic rings. The molecule has 1 atom stereocenters. The van der Waals surface area contributed by atoms with Crippen molar-refractivity contribution in [3.63, 3.8) is 0 Å². The lowest BCUT2D eigenvalue weighted by Crippen LogP contribution is -2.00. The molecule has 0 saturated heterocycles. The Kier molecular flexibility index (Phi) is 4.23. The van der Waals surface area contributed by atoms with Gasteiger partial charge in [-0.25, -0.2) is 0 Å². The largest absolute Gasteiger partial charge is 0.268 e. The molecule has 4 rings (SSSR count). The first kappa shape index (κ1) is 16.8. The second kappa shape index (κ2) is 6.56. The van der Waals surface area contributed by atoms with Crippen LogP contribution < -0.4 is 0 Å². The van der Waals surface area contributed by atoms with Gasteiger partial charge < -0.3 is 0 Å². The summed E-state index contributed by atoms with van der Waals surface area (Å²) in [6.45, 7) is 6.66. The van der Waals surface area contributed by atoms with Crippen LogP contribution >= 0.6 is 0 Å². The van der Waals surface area contributed by atoms with Gasteiger partial charge in [0.1, 0.15) is 0 Å². The summed E-state index contributed by atoms with van der Waals surface area (Å²) in [7, 11) is 2.00. The van der Waals surface area contributed by atoms with E-state index in [-0.39, 0.29) is 0 Å². The average Bonchev–Trinajstić information content (AvgIpc) is 3.01. The molecular weight excluding hydrogens is 318 g/mol. The predicted molar refractivity (Wildman–Crippen MR) is 109 cm³/mol. The zero-order chi connectivity index (χ0) is 18.3. The van der Waals surface area contributed by atoms with E-state index in [0.29, 0.717) is 11.8 Å². The number of aryl methyl sites for hydroxylation is 1. The van der Waals surface area contributed by atoms with E-state index in [0.717, 1.165) is 12.1 Å². The molecule has 0 fully saturated rings. The molecule has 1 unspecified atom stereocenters. The third kappa shape index (κ3) is 3.10. The van der Waals surface area contributed by atoms with Crippen LogP contribution in [-0.4, -0.2) is 14.8 Å². The molecule has 2 aromatic carbocycles. The molecular formula is C23H25N3. The molecule has 2 heterocycles. The SMILES string of the molecule is CC(C)c1cc2ccc(CC(C)c3ccc4cnn(C)c4c3)cc2cn1. The fraction of sp³-hybridized carbons (Fsp3) is 0.304. The van der Waals surface area contributed by atoms with Crippen molar-refractivity contribution in [3.8, 4) is 0 Å². The molecule has 0 aliphatic heterocycles. The number of nitrogens with zero attached hydrogens (tertiary/aromatic N) is 3. The topological polar surface area (TPSA) is 30.7 Å². The number of aromatic nitrogens is 3. The van der Waals surface area contributed by atoms with Crippen molar-refractivity contribution in [1.29, 1.82) is 0 Å². The van der Waals surface area contributed by atoms with E-state index >= 15 is 0 Å². The predicted octanol–water partition coefficient (Wildman–Crippen LogP) is 5.59. The number of hydrogen-bond donors (Lipinski definition) is 0. The van der Waals surface area contributed by atoms with Crippen LogP contribution in [0.25, 0.3) is 21.7 Å². The van der Waals surface area contributed by atoms with Crippen molar-refractivity contribution in [2.24, 2.45) is 7.05 Å². The lowest BCUT2D eigenvalue weighted by atomic mass is 9.92. The van der Waals surface area contributed by atoms with Crippen LogP contribution in [0.4, 0.5) is 0 Å². The van der Waals surface area contributed by atoms with Gasteiger partial charge in [0.2, 0.25) is 0 Å². The molecule has 0 saturated carbocycles. The van der Waals surface area contributed by atoms with Gasteiger partial charge in [0.15, 0.2) is 0 Å². The average molecular weight is 343 g/mol. The fourth-order valence-corrected chi connectivity index (χ4v) is 3.59. The van der Waals surface area contributed by atoms with Gasteiger partial charge in [-0.1, -0.05) is 45.0 Å². The maximum Gasteiger partial charge on any atom is 0.0681 e. The normalized spacial score (nSPS) is 13.0. The number of benzene rings is 2. The standard InChI is InChI=1S/C23H25N3/c1-15(2)22-11-19-6-5-17(10-21(19)13-24-22)9-16(3)18-7-8-20-14-25-26(4)23(20)12-18/h5-8,10-16H,9H2,1-4H3. The summed E-state index contributed by atoms with van der Waals surface area (Å²) in [4.78, 5) is 4.61. The molecule has 0 spiro atoms. The Morgan fingerprint density at radius 2 is 1.69 bits per heavy atom. The highest BCUT2D eigenvalue weighted by atomic mass is 15.2. The minimum atomic E-state index is 0.453. The lowest BCUT2D eigenvalue weighted by molar-refractivity contribution is 0.757. The smallest absolute Gasteiger partial charge is 0.0681 e. The van der Waals surface area contributed by atoms with Gasteiger partial charge in [0, 0.05) is 29.7 Å². The van der Waals surface area contributed by atoms with Crippen LogP contribution in [0.3, 0.4) is 0 Å². The van der Waals surface area contributed by atoms with E-state index in [4.69, 9.17) is 0 Å². The molecule has 3 nitrogen and oxygen atoms in total. The van der Waals surface area contributed by atoms with E-state index in [2.05, 4.69) is 73.3 Å². The molecule has 3 heteroatoms. The summed E-state index contributed by atoms with van der Waals surface area (Å²) in [5.41, 5.74) is 5.06. The molecule has 4 aromatic rings. The van der Waals surface area contributed by atoms with Crippen molar-refractivity contribution >= 4 is 21.7 Å². The molecule has 26 heavy (non-hydrogen) atoms. The van der Waals surface area contributed by atoms with Crippen LogP contribution in [0, 0.1) is 0 Å². The Balaban J connectivity index is 1.60. The minimum absolute atomic E-state index is 0.453. The Morgan fingerprint density at radius 3 is 2.50 bits per heavy atom. The summed E-state index contributed by atoms with van der Waals surface area (Å²) in [5, 5.41) is 8.04. The second-order valence-corrected chi connectivity index (χ2v) is 7.64. The van der Waals surface area contributed by atoms with Crippen molar-refractivity contribution in [3.05, 3.63) is 71.7 Å². The summed E-state index contributed by atoms with van der Waals surface area (Å²) in [6.07, 6.45) is 4.96. The highest BCUT2D eigenvalue weighted by Gasteiger charge is 2.10. The molecule has 0 aliphatic carbocycles. The highest BCUT2D eigenvalue weighted by molar-refractivity contribution is 5.83. The van der Waals surface area contributed by atoms with Gasteiger partial charge in [-0.2, -0.15) is 5.10 Å². The fourth-order valence-electron chi connectivity index (χ4n) is 3.59. The maximum atomic E-state index is 4.61. The first-order chi connectivity index (χ1) is 12.5. The molecule has 0 radical (unpaired) electrons. The highest BCUT2D eigenvalue weighted by Crippen LogP contribution is 2.26. The zero-order valence-corrected chi connectivity index (χ0v) is 15.9. The van der Waals surface area contributed by atoms with Crippen molar-refractivity contribution < 1.29 is 0 Å². The van der Waals surface area contributed by atoms with E-state index in [9.17, 15) is 0 Å². The lowest BCUT2D eigenvalue weighted by Gasteiger charge is -2.13. The summed E-state index contributed by atoms with van der Waals surface area (Å²) in [6, 6.07) is 15.7. The maximum absolute atomic E-state index is 4.61. The molecule has 0 N–H and O–H groups in total. The Labute approximate surface area is 154 Å². The van der Waals surface area contributed by atoms with Gasteiger partial charge in [0.25, 0.3) is 0 Å². The Hall–Kier alpha value is -2.68. The first-order valence-electron chi connectivity index (χ1n) is 9.31. The Morgan fingerprint density at radius 1 is 0.885 bits per heavy atom. The van der Waals surface area contributed by atoms with Crippen molar-refractivity contribution in [1.82, 2.24) is 14.8 Å². The number of hydrogen-bond acceptors (Lipinski definition) is 2. The van der Waals surface area contributed by atoms with Crippen LogP contribution in [0.15, 0.2) is 54.9 Å². The van der Waals surface area contributed by atoms with Crippen LogP contribution in [0.1, 0.15) is 49.4 Å². The summed E-state index contributed by atoms with van der Waals surface area (Å²) in [5.74, 6) is 0.913. The number of pyridine rings is 1. The molecule has 0 amide bonds. The van der Waals surface area contributed by atoms with Gasteiger partial charge in [0.05, 0.1) is 11.7 Å². The zero-order valence-electron chi connectivity index (χ0n) is 15.9. The third-order valence-corrected chi connectivity index (χ3v) is 5.28. The minimum Gasteiger partial charge on any atom is -0.268 e. The van der Waals surface area contributed by atoms with Crippen molar-refractivity contribution in [2.75, 3.05) is 0 Å². The third-order valence-electron chi connectivity index (χ3n) is 5.28. The van der Waals surface area contributed by atoms with Gasteiger partial charge in [-0.05, 0) is 53.0 Å². The van der Waals surface area contributed by atoms with Gasteiger partial charge >= 0.3 is 0 Å². The summed E-state index contributed by atoms with van der Waals surface area (Å²) >= 11 is 0. The second-order valence-electron chi connectivity index (χ2n) is 7.64.